The highest BCUT2D eigenvalue weighted by molar-refractivity contribution is 5.34. The number of hydrogen-bond acceptors (Lipinski definition) is 5. The van der Waals surface area contributed by atoms with E-state index in [0.29, 0.717) is 18.3 Å². The lowest BCUT2D eigenvalue weighted by Gasteiger charge is -2.19. The molecule has 6 heteroatoms. The molecule has 1 saturated heterocycles. The Kier molecular flexibility index (Phi) is 7.15. The Morgan fingerprint density at radius 3 is 2.96 bits per heavy atom. The van der Waals surface area contributed by atoms with Crippen LogP contribution in [-0.2, 0) is 17.6 Å². The number of aryl methyl sites for hydroxylation is 1. The number of halogens is 1. The van der Waals surface area contributed by atoms with Crippen molar-refractivity contribution in [3.63, 3.8) is 0 Å². The first-order chi connectivity index (χ1) is 13.1. The second-order valence-corrected chi connectivity index (χ2v) is 7.22. The molecule has 0 spiro atoms. The van der Waals surface area contributed by atoms with E-state index in [4.69, 9.17) is 10.5 Å². The highest BCUT2D eigenvalue weighted by Crippen LogP contribution is 2.19. The van der Waals surface area contributed by atoms with E-state index >= 15 is 0 Å². The van der Waals surface area contributed by atoms with Crippen molar-refractivity contribution >= 4 is 5.82 Å². The monoisotopic (exact) mass is 372 g/mol. The quantitative estimate of drug-likeness (QED) is 0.588. The minimum absolute atomic E-state index is 0.180. The van der Waals surface area contributed by atoms with Gasteiger partial charge in [0.2, 0.25) is 0 Å². The highest BCUT2D eigenvalue weighted by Gasteiger charge is 2.28. The van der Waals surface area contributed by atoms with Crippen LogP contribution in [0, 0.1) is 18.7 Å². The summed E-state index contributed by atoms with van der Waals surface area (Å²) in [4.78, 5) is 4.44. The molecule has 146 valence electrons. The van der Waals surface area contributed by atoms with E-state index in [2.05, 4.69) is 21.7 Å². The molecule has 2 atom stereocenters. The largest absolute Gasteiger partial charge is 0.384 e. The Morgan fingerprint density at radius 1 is 1.26 bits per heavy atom. The molecule has 0 amide bonds. The average Bonchev–Trinajstić information content (AvgIpc) is 3.04. The smallest absolute Gasteiger partial charge is 0.123 e. The molecule has 1 aliphatic rings. The summed E-state index contributed by atoms with van der Waals surface area (Å²) in [6, 6.07) is 10.7. The summed E-state index contributed by atoms with van der Waals surface area (Å²) < 4.78 is 19.2. The van der Waals surface area contributed by atoms with Crippen LogP contribution in [0.1, 0.15) is 16.8 Å². The van der Waals surface area contributed by atoms with Crippen molar-refractivity contribution in [3.8, 4) is 0 Å². The van der Waals surface area contributed by atoms with Crippen LogP contribution in [-0.4, -0.2) is 43.9 Å². The number of hydrogen-bond donors (Lipinski definition) is 3. The molecule has 0 radical (unpaired) electrons. The van der Waals surface area contributed by atoms with E-state index in [1.54, 1.807) is 12.1 Å². The Hall–Kier alpha value is -2.02. The second-order valence-electron chi connectivity index (χ2n) is 7.22. The summed E-state index contributed by atoms with van der Waals surface area (Å²) in [5, 5.41) is 6.77. The Balaban J connectivity index is 1.36. The van der Waals surface area contributed by atoms with Crippen LogP contribution in [0.4, 0.5) is 10.2 Å². The normalized spacial score (nSPS) is 19.5. The zero-order valence-corrected chi connectivity index (χ0v) is 15.9. The lowest BCUT2D eigenvalue weighted by molar-refractivity contribution is 0.0397. The number of benzene rings is 1. The molecule has 1 unspecified atom stereocenters. The van der Waals surface area contributed by atoms with Gasteiger partial charge in [-0.3, -0.25) is 0 Å². The molecular formula is C21H29FN4O. The number of nitrogens with zero attached hydrogens (tertiary/aromatic N) is 1. The molecule has 1 aromatic heterocycles. The molecule has 0 aliphatic carbocycles. The fourth-order valence-corrected chi connectivity index (χ4v) is 3.58. The number of nitrogens with two attached hydrogens (primary N) is 1. The second kappa shape index (κ2) is 9.78. The van der Waals surface area contributed by atoms with Gasteiger partial charge in [0, 0.05) is 31.2 Å². The van der Waals surface area contributed by atoms with E-state index in [0.717, 1.165) is 55.8 Å². The molecule has 1 aliphatic heterocycles. The third-order valence-corrected chi connectivity index (χ3v) is 4.88. The maximum atomic E-state index is 13.1. The zero-order valence-electron chi connectivity index (χ0n) is 15.9. The van der Waals surface area contributed by atoms with Crippen molar-refractivity contribution in [1.29, 1.82) is 0 Å². The van der Waals surface area contributed by atoms with Gasteiger partial charge in [-0.1, -0.05) is 12.1 Å². The Bertz CT molecular complexity index is 720. The molecule has 4 N–H and O–H groups in total. The van der Waals surface area contributed by atoms with Gasteiger partial charge in [-0.05, 0) is 61.7 Å². The molecule has 5 nitrogen and oxygen atoms in total. The Morgan fingerprint density at radius 2 is 2.15 bits per heavy atom. The van der Waals surface area contributed by atoms with Crippen molar-refractivity contribution in [2.24, 2.45) is 5.92 Å². The van der Waals surface area contributed by atoms with Gasteiger partial charge in [-0.2, -0.15) is 0 Å². The van der Waals surface area contributed by atoms with Crippen LogP contribution in [0.15, 0.2) is 36.4 Å². The van der Waals surface area contributed by atoms with Crippen LogP contribution < -0.4 is 16.4 Å². The fourth-order valence-electron chi connectivity index (χ4n) is 3.58. The first-order valence-electron chi connectivity index (χ1n) is 9.60. The van der Waals surface area contributed by atoms with Crippen molar-refractivity contribution in [2.45, 2.75) is 25.9 Å². The first kappa shape index (κ1) is 19.7. The van der Waals surface area contributed by atoms with Gasteiger partial charge in [0.15, 0.2) is 0 Å². The highest BCUT2D eigenvalue weighted by atomic mass is 19.1. The first-order valence-corrected chi connectivity index (χ1v) is 9.60. The van der Waals surface area contributed by atoms with Gasteiger partial charge in [0.1, 0.15) is 11.6 Å². The zero-order chi connectivity index (χ0) is 19.1. The number of aromatic nitrogens is 1. The van der Waals surface area contributed by atoms with Crippen molar-refractivity contribution in [1.82, 2.24) is 15.6 Å². The van der Waals surface area contributed by atoms with Gasteiger partial charge in [-0.15, -0.1) is 0 Å². The van der Waals surface area contributed by atoms with Crippen LogP contribution in [0.2, 0.25) is 0 Å². The van der Waals surface area contributed by atoms with Crippen LogP contribution in [0.25, 0.3) is 0 Å². The lowest BCUT2D eigenvalue weighted by Crippen LogP contribution is -2.29. The molecule has 2 heterocycles. The maximum absolute atomic E-state index is 13.1. The maximum Gasteiger partial charge on any atom is 0.123 e. The minimum Gasteiger partial charge on any atom is -0.384 e. The third-order valence-electron chi connectivity index (χ3n) is 4.88. The van der Waals surface area contributed by atoms with E-state index in [-0.39, 0.29) is 11.9 Å². The number of nitrogens with one attached hydrogen (secondary N) is 2. The SMILES string of the molecule is Cc1cc(N)nc(CC2CNC[C@@H]2OCCNCCc2cccc(F)c2)c1. The van der Waals surface area contributed by atoms with Crippen LogP contribution in [0.3, 0.4) is 0 Å². The van der Waals surface area contributed by atoms with Crippen LogP contribution in [0.5, 0.6) is 0 Å². The molecular weight excluding hydrogens is 343 g/mol. The van der Waals surface area contributed by atoms with E-state index in [1.165, 1.54) is 6.07 Å². The van der Waals surface area contributed by atoms with Gasteiger partial charge in [-0.25, -0.2) is 9.37 Å². The molecule has 1 aromatic carbocycles. The number of ether oxygens (including phenoxy) is 1. The van der Waals surface area contributed by atoms with Crippen molar-refractivity contribution in [3.05, 3.63) is 59.0 Å². The predicted octanol–water partition coefficient (Wildman–Crippen LogP) is 2.09. The summed E-state index contributed by atoms with van der Waals surface area (Å²) in [7, 11) is 0. The van der Waals surface area contributed by atoms with E-state index < -0.39 is 0 Å². The lowest BCUT2D eigenvalue weighted by atomic mass is 9.99. The van der Waals surface area contributed by atoms with E-state index in [1.807, 2.05) is 19.1 Å². The molecule has 0 bridgehead atoms. The topological polar surface area (TPSA) is 72.2 Å². The number of pyridine rings is 1. The van der Waals surface area contributed by atoms with Crippen molar-refractivity contribution in [2.75, 3.05) is 38.5 Å². The standard InChI is InChI=1S/C21H29FN4O/c1-15-9-19(26-21(23)10-15)12-17-13-25-14-20(17)27-8-7-24-6-5-16-3-2-4-18(22)11-16/h2-4,9-11,17,20,24-25H,5-8,12-14H2,1H3,(H2,23,26)/t17?,20-/m0/s1. The van der Waals surface area contributed by atoms with Gasteiger partial charge in [0.05, 0.1) is 12.7 Å². The summed E-state index contributed by atoms with van der Waals surface area (Å²) in [6.07, 6.45) is 1.88. The number of rotatable bonds is 9. The third kappa shape index (κ3) is 6.27. The average molecular weight is 372 g/mol. The number of nitrogen functional groups attached to an aromatic ring is 1. The van der Waals surface area contributed by atoms with Gasteiger partial charge < -0.3 is 21.1 Å². The molecule has 1 fully saturated rings. The Labute approximate surface area is 160 Å². The summed E-state index contributed by atoms with van der Waals surface area (Å²) in [5.74, 6) is 0.808. The van der Waals surface area contributed by atoms with Crippen molar-refractivity contribution < 1.29 is 9.13 Å². The summed E-state index contributed by atoms with van der Waals surface area (Å²) >= 11 is 0. The summed E-state index contributed by atoms with van der Waals surface area (Å²) in [6.45, 7) is 6.11. The minimum atomic E-state index is -0.180. The predicted molar refractivity (Wildman–Crippen MR) is 106 cm³/mol. The molecule has 27 heavy (non-hydrogen) atoms. The van der Waals surface area contributed by atoms with Gasteiger partial charge in [0.25, 0.3) is 0 Å². The van der Waals surface area contributed by atoms with Gasteiger partial charge >= 0.3 is 0 Å². The van der Waals surface area contributed by atoms with E-state index in [9.17, 15) is 4.39 Å². The molecule has 2 aromatic rings. The fraction of sp³-hybridized carbons (Fsp3) is 0.476. The summed E-state index contributed by atoms with van der Waals surface area (Å²) in [5.41, 5.74) is 9.04. The molecule has 3 rings (SSSR count). The van der Waals surface area contributed by atoms with Crippen LogP contribution >= 0.6 is 0 Å². The number of anilines is 1. The molecule has 0 saturated carbocycles.